The molecule has 0 saturated heterocycles. The van der Waals surface area contributed by atoms with Crippen molar-refractivity contribution in [3.63, 3.8) is 0 Å². The Balaban J connectivity index is 1.64. The summed E-state index contributed by atoms with van der Waals surface area (Å²) in [6.45, 7) is 1.20. The Bertz CT molecular complexity index is 1220. The van der Waals surface area contributed by atoms with E-state index in [4.69, 9.17) is 28.4 Å². The fourth-order valence-electron chi connectivity index (χ4n) is 4.41. The van der Waals surface area contributed by atoms with E-state index in [0.717, 1.165) is 28.0 Å². The van der Waals surface area contributed by atoms with Crippen LogP contribution in [0.5, 0.6) is 34.5 Å². The van der Waals surface area contributed by atoms with Gasteiger partial charge in [-0.3, -0.25) is 4.79 Å². The average molecular weight is 494 g/mol. The molecule has 190 valence electrons. The van der Waals surface area contributed by atoms with Gasteiger partial charge in [0.15, 0.2) is 23.0 Å². The summed E-state index contributed by atoms with van der Waals surface area (Å²) in [4.78, 5) is 15.2. The third kappa shape index (κ3) is 4.98. The summed E-state index contributed by atoms with van der Waals surface area (Å²) in [5, 5.41) is 0. The van der Waals surface area contributed by atoms with Crippen molar-refractivity contribution in [3.8, 4) is 45.6 Å². The first kappa shape index (κ1) is 25.0. The fraction of sp³-hybridized carbons (Fsp3) is 0.321. The number of amides is 1. The minimum Gasteiger partial charge on any atom is -0.496 e. The summed E-state index contributed by atoms with van der Waals surface area (Å²) in [5.41, 5.74) is 3.48. The number of rotatable bonds is 8. The van der Waals surface area contributed by atoms with Crippen LogP contribution in [-0.4, -0.2) is 59.5 Å². The Hall–Kier alpha value is -4.07. The van der Waals surface area contributed by atoms with E-state index >= 15 is 0 Å². The molecule has 1 aliphatic rings. The second kappa shape index (κ2) is 11.1. The molecule has 1 heterocycles. The molecule has 1 amide bonds. The lowest BCUT2D eigenvalue weighted by Gasteiger charge is -2.21. The van der Waals surface area contributed by atoms with Crippen LogP contribution in [-0.2, 0) is 17.8 Å². The standard InChI is InChI=1S/C28H31NO7/c1-31-22-9-7-6-8-21(22)19-15-20-17-29(10-11-36-27(20)25(16-19)34-4)26(30)14-18-12-23(32-2)28(35-5)24(13-18)33-3/h6-9,12-13,15-16H,10-11,14,17H2,1-5H3. The summed E-state index contributed by atoms with van der Waals surface area (Å²) in [6, 6.07) is 15.3. The van der Waals surface area contributed by atoms with E-state index in [0.29, 0.717) is 48.4 Å². The fourth-order valence-corrected chi connectivity index (χ4v) is 4.41. The number of fused-ring (bicyclic) bond motifs is 1. The zero-order valence-corrected chi connectivity index (χ0v) is 21.3. The molecule has 3 aromatic rings. The summed E-state index contributed by atoms with van der Waals surface area (Å²) < 4.78 is 33.5. The Labute approximate surface area is 211 Å². The van der Waals surface area contributed by atoms with Crippen molar-refractivity contribution in [1.82, 2.24) is 4.90 Å². The van der Waals surface area contributed by atoms with Gasteiger partial charge in [-0.15, -0.1) is 0 Å². The highest BCUT2D eigenvalue weighted by Gasteiger charge is 2.25. The van der Waals surface area contributed by atoms with Crippen LogP contribution in [0.1, 0.15) is 11.1 Å². The maximum Gasteiger partial charge on any atom is 0.227 e. The number of ether oxygens (including phenoxy) is 6. The SMILES string of the molecule is COc1ccccc1-c1cc2c(c(OC)c1)OCCN(C(=O)Cc1cc(OC)c(OC)c(OC)c1)C2. The third-order valence-electron chi connectivity index (χ3n) is 6.17. The van der Waals surface area contributed by atoms with Crippen molar-refractivity contribution < 1.29 is 33.2 Å². The molecule has 0 saturated carbocycles. The normalized spacial score (nSPS) is 12.6. The number of hydrogen-bond acceptors (Lipinski definition) is 7. The molecule has 0 unspecified atom stereocenters. The number of methoxy groups -OCH3 is 5. The van der Waals surface area contributed by atoms with Crippen LogP contribution in [0.2, 0.25) is 0 Å². The predicted octanol–water partition coefficient (Wildman–Crippen LogP) is 4.36. The number of nitrogens with zero attached hydrogens (tertiary/aromatic N) is 1. The molecule has 1 aliphatic heterocycles. The Morgan fingerprint density at radius 3 is 2.14 bits per heavy atom. The van der Waals surface area contributed by atoms with Crippen LogP contribution in [0.15, 0.2) is 48.5 Å². The van der Waals surface area contributed by atoms with Gasteiger partial charge in [0, 0.05) is 17.7 Å². The maximum atomic E-state index is 13.4. The van der Waals surface area contributed by atoms with Crippen LogP contribution >= 0.6 is 0 Å². The molecule has 36 heavy (non-hydrogen) atoms. The van der Waals surface area contributed by atoms with Crippen molar-refractivity contribution in [2.45, 2.75) is 13.0 Å². The van der Waals surface area contributed by atoms with E-state index in [1.54, 1.807) is 52.6 Å². The van der Waals surface area contributed by atoms with Gasteiger partial charge in [0.2, 0.25) is 11.7 Å². The molecule has 8 heteroatoms. The minimum absolute atomic E-state index is 0.0395. The zero-order valence-electron chi connectivity index (χ0n) is 21.3. The van der Waals surface area contributed by atoms with Crippen LogP contribution in [0, 0.1) is 0 Å². The lowest BCUT2D eigenvalue weighted by atomic mass is 10.00. The van der Waals surface area contributed by atoms with E-state index in [1.165, 1.54) is 0 Å². The van der Waals surface area contributed by atoms with Gasteiger partial charge in [-0.05, 0) is 41.5 Å². The van der Waals surface area contributed by atoms with E-state index in [-0.39, 0.29) is 12.3 Å². The second-order valence-corrected chi connectivity index (χ2v) is 8.24. The molecule has 0 radical (unpaired) electrons. The number of carbonyl (C=O) groups excluding carboxylic acids is 1. The summed E-state index contributed by atoms with van der Waals surface area (Å²) in [6.07, 6.45) is 0.176. The van der Waals surface area contributed by atoms with Gasteiger partial charge in [0.25, 0.3) is 0 Å². The molecular weight excluding hydrogens is 462 g/mol. The topological polar surface area (TPSA) is 75.7 Å². The maximum absolute atomic E-state index is 13.4. The summed E-state index contributed by atoms with van der Waals surface area (Å²) >= 11 is 0. The summed E-state index contributed by atoms with van der Waals surface area (Å²) in [7, 11) is 7.92. The highest BCUT2D eigenvalue weighted by atomic mass is 16.5. The van der Waals surface area contributed by atoms with Gasteiger partial charge in [0.1, 0.15) is 12.4 Å². The Morgan fingerprint density at radius 1 is 0.833 bits per heavy atom. The Morgan fingerprint density at radius 2 is 1.50 bits per heavy atom. The number of para-hydroxylation sites is 1. The first-order valence-corrected chi connectivity index (χ1v) is 11.6. The quantitative estimate of drug-likeness (QED) is 0.462. The second-order valence-electron chi connectivity index (χ2n) is 8.24. The minimum atomic E-state index is -0.0395. The predicted molar refractivity (Wildman–Crippen MR) is 136 cm³/mol. The molecular formula is C28H31NO7. The van der Waals surface area contributed by atoms with Gasteiger partial charge in [-0.25, -0.2) is 0 Å². The molecule has 0 spiro atoms. The van der Waals surface area contributed by atoms with Crippen LogP contribution in [0.4, 0.5) is 0 Å². The first-order valence-electron chi connectivity index (χ1n) is 11.6. The van der Waals surface area contributed by atoms with Crippen molar-refractivity contribution in [1.29, 1.82) is 0 Å². The molecule has 3 aromatic carbocycles. The van der Waals surface area contributed by atoms with Gasteiger partial charge >= 0.3 is 0 Å². The molecule has 4 rings (SSSR count). The van der Waals surface area contributed by atoms with E-state index in [1.807, 2.05) is 36.4 Å². The smallest absolute Gasteiger partial charge is 0.227 e. The third-order valence-corrected chi connectivity index (χ3v) is 6.17. The lowest BCUT2D eigenvalue weighted by molar-refractivity contribution is -0.131. The number of carbonyl (C=O) groups is 1. The molecule has 0 bridgehead atoms. The van der Waals surface area contributed by atoms with Crippen LogP contribution in [0.3, 0.4) is 0 Å². The van der Waals surface area contributed by atoms with Crippen molar-refractivity contribution in [2.75, 3.05) is 48.7 Å². The molecule has 0 aliphatic carbocycles. The van der Waals surface area contributed by atoms with Crippen molar-refractivity contribution in [2.24, 2.45) is 0 Å². The van der Waals surface area contributed by atoms with E-state index < -0.39 is 0 Å². The largest absolute Gasteiger partial charge is 0.496 e. The molecule has 0 aromatic heterocycles. The monoisotopic (exact) mass is 493 g/mol. The average Bonchev–Trinajstić information content (AvgIpc) is 3.14. The zero-order chi connectivity index (χ0) is 25.7. The van der Waals surface area contributed by atoms with Crippen molar-refractivity contribution in [3.05, 3.63) is 59.7 Å². The number of benzene rings is 3. The Kier molecular flexibility index (Phi) is 7.73. The van der Waals surface area contributed by atoms with Crippen LogP contribution < -0.4 is 28.4 Å². The van der Waals surface area contributed by atoms with Crippen LogP contribution in [0.25, 0.3) is 11.1 Å². The molecule has 0 atom stereocenters. The van der Waals surface area contributed by atoms with Crippen molar-refractivity contribution >= 4 is 5.91 Å². The van der Waals surface area contributed by atoms with Gasteiger partial charge in [0.05, 0.1) is 48.5 Å². The molecule has 0 fully saturated rings. The highest BCUT2D eigenvalue weighted by Crippen LogP contribution is 2.41. The highest BCUT2D eigenvalue weighted by molar-refractivity contribution is 5.80. The van der Waals surface area contributed by atoms with E-state index in [2.05, 4.69) is 0 Å². The van der Waals surface area contributed by atoms with Gasteiger partial charge in [-0.1, -0.05) is 18.2 Å². The number of hydrogen-bond donors (Lipinski definition) is 0. The van der Waals surface area contributed by atoms with Gasteiger partial charge < -0.3 is 33.3 Å². The lowest BCUT2D eigenvalue weighted by Crippen LogP contribution is -2.33. The van der Waals surface area contributed by atoms with Gasteiger partial charge in [-0.2, -0.15) is 0 Å². The molecule has 8 nitrogen and oxygen atoms in total. The summed E-state index contributed by atoms with van der Waals surface area (Å²) in [5.74, 6) is 3.49. The first-order chi connectivity index (χ1) is 17.5. The van der Waals surface area contributed by atoms with E-state index in [9.17, 15) is 4.79 Å². The molecule has 0 N–H and O–H groups in total.